The number of para-hydroxylation sites is 1. The summed E-state index contributed by atoms with van der Waals surface area (Å²) in [5.74, 6) is 0.790. The Labute approximate surface area is 131 Å². The van der Waals surface area contributed by atoms with Crippen LogP contribution in [0.15, 0.2) is 30.5 Å². The second-order valence-electron chi connectivity index (χ2n) is 5.61. The number of H-pyrrole nitrogens is 1. The number of fused-ring (bicyclic) bond motifs is 1. The van der Waals surface area contributed by atoms with E-state index in [1.807, 2.05) is 25.3 Å². The van der Waals surface area contributed by atoms with Crippen LogP contribution in [0.2, 0.25) is 0 Å². The van der Waals surface area contributed by atoms with E-state index in [1.54, 1.807) is 0 Å². The molecule has 1 amide bonds. The van der Waals surface area contributed by atoms with Gasteiger partial charge < -0.3 is 15.6 Å². The van der Waals surface area contributed by atoms with E-state index in [1.165, 1.54) is 10.9 Å². The largest absolute Gasteiger partial charge is 0.361 e. The molecule has 1 aliphatic heterocycles. The van der Waals surface area contributed by atoms with Crippen LogP contribution in [-0.2, 0) is 11.2 Å². The monoisotopic (exact) mass is 307 g/mol. The van der Waals surface area contributed by atoms with E-state index in [9.17, 15) is 4.79 Å². The first-order valence-corrected chi connectivity index (χ1v) is 7.29. The van der Waals surface area contributed by atoms with E-state index in [4.69, 9.17) is 0 Å². The molecule has 21 heavy (non-hydrogen) atoms. The third kappa shape index (κ3) is 3.39. The van der Waals surface area contributed by atoms with Gasteiger partial charge in [-0.2, -0.15) is 0 Å². The first kappa shape index (κ1) is 15.9. The molecule has 3 N–H and O–H groups in total. The van der Waals surface area contributed by atoms with Gasteiger partial charge >= 0.3 is 0 Å². The lowest BCUT2D eigenvalue weighted by Gasteiger charge is -2.31. The summed E-state index contributed by atoms with van der Waals surface area (Å²) < 4.78 is 0. The molecular weight excluding hydrogens is 286 g/mol. The van der Waals surface area contributed by atoms with Crippen LogP contribution in [0.25, 0.3) is 10.9 Å². The highest BCUT2D eigenvalue weighted by Crippen LogP contribution is 2.18. The molecule has 3 rings (SSSR count). The first-order chi connectivity index (χ1) is 9.75. The van der Waals surface area contributed by atoms with Crippen LogP contribution in [0.1, 0.15) is 12.5 Å². The predicted octanol–water partition coefficient (Wildman–Crippen LogP) is 2.10. The highest BCUT2D eigenvalue weighted by molar-refractivity contribution is 5.85. The average molecular weight is 308 g/mol. The van der Waals surface area contributed by atoms with Crippen molar-refractivity contribution in [2.75, 3.05) is 19.6 Å². The lowest BCUT2D eigenvalue weighted by molar-refractivity contribution is -0.126. The molecule has 1 atom stereocenters. The maximum atomic E-state index is 12.0. The number of halogens is 1. The normalized spacial score (nSPS) is 16.0. The highest BCUT2D eigenvalue weighted by Gasteiger charge is 2.28. The molecule has 114 valence electrons. The zero-order valence-electron chi connectivity index (χ0n) is 12.2. The molecule has 1 saturated heterocycles. The highest BCUT2D eigenvalue weighted by atomic mass is 35.5. The minimum atomic E-state index is 0. The number of aromatic amines is 1. The SMILES string of the molecule is CC(C(=O)NCCc1c[nH]c2ccccc12)C1CNC1.Cl. The van der Waals surface area contributed by atoms with Gasteiger partial charge in [-0.15, -0.1) is 12.4 Å². The second kappa shape index (κ2) is 6.96. The molecule has 1 aromatic heterocycles. The van der Waals surface area contributed by atoms with Crippen LogP contribution < -0.4 is 10.6 Å². The smallest absolute Gasteiger partial charge is 0.223 e. The van der Waals surface area contributed by atoms with E-state index in [2.05, 4.69) is 27.8 Å². The van der Waals surface area contributed by atoms with Crippen molar-refractivity contribution >= 4 is 29.2 Å². The molecule has 2 heterocycles. The number of benzene rings is 1. The van der Waals surface area contributed by atoms with Crippen LogP contribution in [0.3, 0.4) is 0 Å². The molecule has 0 bridgehead atoms. The van der Waals surface area contributed by atoms with Crippen molar-refractivity contribution in [2.45, 2.75) is 13.3 Å². The zero-order valence-corrected chi connectivity index (χ0v) is 13.0. The van der Waals surface area contributed by atoms with Crippen molar-refractivity contribution < 1.29 is 4.79 Å². The number of rotatable bonds is 5. The van der Waals surface area contributed by atoms with Crippen LogP contribution in [0.5, 0.6) is 0 Å². The molecule has 1 fully saturated rings. The number of nitrogens with one attached hydrogen (secondary N) is 3. The van der Waals surface area contributed by atoms with E-state index in [0.29, 0.717) is 12.5 Å². The number of hydrogen-bond donors (Lipinski definition) is 3. The Morgan fingerprint density at radius 1 is 1.38 bits per heavy atom. The van der Waals surface area contributed by atoms with Gasteiger partial charge in [0.05, 0.1) is 0 Å². The molecule has 4 nitrogen and oxygen atoms in total. The second-order valence-corrected chi connectivity index (χ2v) is 5.61. The Morgan fingerprint density at radius 3 is 2.86 bits per heavy atom. The van der Waals surface area contributed by atoms with E-state index in [0.717, 1.165) is 25.0 Å². The van der Waals surface area contributed by atoms with Gasteiger partial charge in [0.25, 0.3) is 0 Å². The van der Waals surface area contributed by atoms with Crippen LogP contribution >= 0.6 is 12.4 Å². The summed E-state index contributed by atoms with van der Waals surface area (Å²) in [5.41, 5.74) is 2.42. The van der Waals surface area contributed by atoms with E-state index >= 15 is 0 Å². The third-order valence-corrected chi connectivity index (χ3v) is 4.30. The fourth-order valence-electron chi connectivity index (χ4n) is 2.70. The van der Waals surface area contributed by atoms with Gasteiger partial charge in [0.15, 0.2) is 0 Å². The quantitative estimate of drug-likeness (QED) is 0.792. The van der Waals surface area contributed by atoms with Gasteiger partial charge in [-0.3, -0.25) is 4.79 Å². The van der Waals surface area contributed by atoms with Gasteiger partial charge in [-0.1, -0.05) is 25.1 Å². The van der Waals surface area contributed by atoms with Crippen LogP contribution in [0.4, 0.5) is 0 Å². The lowest BCUT2D eigenvalue weighted by atomic mass is 9.88. The fourth-order valence-corrected chi connectivity index (χ4v) is 2.70. The molecule has 0 radical (unpaired) electrons. The molecule has 1 aromatic carbocycles. The number of carbonyl (C=O) groups excluding carboxylic acids is 1. The molecule has 0 spiro atoms. The summed E-state index contributed by atoms with van der Waals surface area (Å²) in [5, 5.41) is 7.51. The topological polar surface area (TPSA) is 56.9 Å². The van der Waals surface area contributed by atoms with Crippen molar-refractivity contribution in [3.05, 3.63) is 36.0 Å². The van der Waals surface area contributed by atoms with Crippen molar-refractivity contribution in [2.24, 2.45) is 11.8 Å². The molecular formula is C16H22ClN3O. The molecule has 5 heteroatoms. The Hall–Kier alpha value is -1.52. The number of carbonyl (C=O) groups is 1. The average Bonchev–Trinajstić information content (AvgIpc) is 2.80. The summed E-state index contributed by atoms with van der Waals surface area (Å²) in [4.78, 5) is 15.3. The lowest BCUT2D eigenvalue weighted by Crippen LogP contribution is -2.49. The summed E-state index contributed by atoms with van der Waals surface area (Å²) >= 11 is 0. The first-order valence-electron chi connectivity index (χ1n) is 7.29. The number of aromatic nitrogens is 1. The molecule has 1 aliphatic rings. The standard InChI is InChI=1S/C16H21N3O.ClH/c1-11(13-8-17-9-13)16(20)18-7-6-12-10-19-15-5-3-2-4-14(12)15;/h2-5,10-11,13,17,19H,6-9H2,1H3,(H,18,20);1H. The molecule has 2 aromatic rings. The van der Waals surface area contributed by atoms with E-state index < -0.39 is 0 Å². The van der Waals surface area contributed by atoms with Crippen molar-refractivity contribution in [3.63, 3.8) is 0 Å². The van der Waals surface area contributed by atoms with Crippen molar-refractivity contribution in [1.29, 1.82) is 0 Å². The van der Waals surface area contributed by atoms with Crippen LogP contribution in [-0.4, -0.2) is 30.5 Å². The molecule has 1 unspecified atom stereocenters. The number of hydrogen-bond acceptors (Lipinski definition) is 2. The third-order valence-electron chi connectivity index (χ3n) is 4.30. The van der Waals surface area contributed by atoms with Crippen molar-refractivity contribution in [1.82, 2.24) is 15.6 Å². The molecule has 0 saturated carbocycles. The van der Waals surface area contributed by atoms with Gasteiger partial charge in [0.2, 0.25) is 5.91 Å². The maximum absolute atomic E-state index is 12.0. The van der Waals surface area contributed by atoms with Crippen molar-refractivity contribution in [3.8, 4) is 0 Å². The Balaban J connectivity index is 0.00000161. The summed E-state index contributed by atoms with van der Waals surface area (Å²) in [7, 11) is 0. The fraction of sp³-hybridized carbons (Fsp3) is 0.438. The Morgan fingerprint density at radius 2 is 2.14 bits per heavy atom. The minimum absolute atomic E-state index is 0. The molecule has 0 aliphatic carbocycles. The minimum Gasteiger partial charge on any atom is -0.361 e. The Bertz CT molecular complexity index is 606. The number of amides is 1. The zero-order chi connectivity index (χ0) is 13.9. The maximum Gasteiger partial charge on any atom is 0.223 e. The summed E-state index contributed by atoms with van der Waals surface area (Å²) in [6.07, 6.45) is 2.90. The van der Waals surface area contributed by atoms with Gasteiger partial charge in [0, 0.05) is 29.6 Å². The predicted molar refractivity (Wildman–Crippen MR) is 87.8 cm³/mol. The summed E-state index contributed by atoms with van der Waals surface area (Å²) in [6, 6.07) is 8.26. The van der Waals surface area contributed by atoms with E-state index in [-0.39, 0.29) is 24.2 Å². The van der Waals surface area contributed by atoms with Gasteiger partial charge in [-0.05, 0) is 37.1 Å². The Kier molecular flexibility index (Phi) is 5.26. The van der Waals surface area contributed by atoms with Crippen LogP contribution in [0, 0.1) is 11.8 Å². The van der Waals surface area contributed by atoms with Gasteiger partial charge in [-0.25, -0.2) is 0 Å². The van der Waals surface area contributed by atoms with Gasteiger partial charge in [0.1, 0.15) is 0 Å². The summed E-state index contributed by atoms with van der Waals surface area (Å²) in [6.45, 7) is 4.66.